The van der Waals surface area contributed by atoms with E-state index >= 15 is 0 Å². The molecule has 1 aromatic carbocycles. The number of nitrogens with zero attached hydrogens (tertiary/aromatic N) is 1. The molecule has 2 atom stereocenters. The van der Waals surface area contributed by atoms with E-state index in [1.807, 2.05) is 25.1 Å². The molecule has 3 N–H and O–H groups in total. The Balaban J connectivity index is 2.17. The predicted octanol–water partition coefficient (Wildman–Crippen LogP) is 0.911. The van der Waals surface area contributed by atoms with Gasteiger partial charge in [-0.3, -0.25) is 4.90 Å². The lowest BCUT2D eigenvalue weighted by Crippen LogP contribution is -2.47. The second kappa shape index (κ2) is 7.17. The Hall–Kier alpha value is -1.21. The maximum Gasteiger partial charge on any atom is 0.123 e. The second-order valence-electron chi connectivity index (χ2n) is 5.34. The molecule has 0 bridgehead atoms. The standard InChI is InChI=1S/C15H22N2O3S/c1-10-6-17(8-13(9-18)20-10)7-12-5-11(15(16)21)3-4-14(12)19-2/h3-5,10,13,18H,6-9H2,1-2H3,(H2,16,21). The molecule has 2 rings (SSSR count). The van der Waals surface area contributed by atoms with E-state index in [0.29, 0.717) is 18.1 Å². The molecule has 0 aromatic heterocycles. The molecule has 1 aliphatic heterocycles. The van der Waals surface area contributed by atoms with Gasteiger partial charge < -0.3 is 20.3 Å². The van der Waals surface area contributed by atoms with Gasteiger partial charge in [0.2, 0.25) is 0 Å². The van der Waals surface area contributed by atoms with Crippen LogP contribution in [0.2, 0.25) is 0 Å². The molecule has 1 aliphatic rings. The minimum Gasteiger partial charge on any atom is -0.496 e. The Bertz CT molecular complexity index is 510. The van der Waals surface area contributed by atoms with Crippen molar-refractivity contribution in [3.8, 4) is 5.75 Å². The number of aliphatic hydroxyl groups excluding tert-OH is 1. The summed E-state index contributed by atoms with van der Waals surface area (Å²) in [5.41, 5.74) is 7.57. The van der Waals surface area contributed by atoms with Gasteiger partial charge in [0.15, 0.2) is 0 Å². The maximum absolute atomic E-state index is 9.30. The van der Waals surface area contributed by atoms with Crippen LogP contribution in [0.15, 0.2) is 18.2 Å². The normalized spacial score (nSPS) is 23.0. The van der Waals surface area contributed by atoms with Gasteiger partial charge in [-0.05, 0) is 25.1 Å². The molecule has 0 saturated carbocycles. The van der Waals surface area contributed by atoms with E-state index < -0.39 is 0 Å². The first-order valence-electron chi connectivity index (χ1n) is 6.99. The van der Waals surface area contributed by atoms with Crippen molar-refractivity contribution in [1.82, 2.24) is 4.90 Å². The molecule has 0 aliphatic carbocycles. The van der Waals surface area contributed by atoms with Crippen molar-refractivity contribution in [2.75, 3.05) is 26.8 Å². The van der Waals surface area contributed by atoms with Gasteiger partial charge >= 0.3 is 0 Å². The first kappa shape index (κ1) is 16.2. The van der Waals surface area contributed by atoms with Crippen molar-refractivity contribution in [1.29, 1.82) is 0 Å². The van der Waals surface area contributed by atoms with Crippen molar-refractivity contribution in [2.24, 2.45) is 5.73 Å². The van der Waals surface area contributed by atoms with Crippen LogP contribution in [0.25, 0.3) is 0 Å². The number of nitrogens with two attached hydrogens (primary N) is 1. The van der Waals surface area contributed by atoms with Crippen molar-refractivity contribution in [3.05, 3.63) is 29.3 Å². The average molecular weight is 310 g/mol. The minimum absolute atomic E-state index is 0.0326. The van der Waals surface area contributed by atoms with E-state index in [-0.39, 0.29) is 18.8 Å². The maximum atomic E-state index is 9.30. The van der Waals surface area contributed by atoms with Crippen LogP contribution in [0.4, 0.5) is 0 Å². The summed E-state index contributed by atoms with van der Waals surface area (Å²) in [5.74, 6) is 0.815. The molecular formula is C15H22N2O3S. The Morgan fingerprint density at radius 1 is 1.52 bits per heavy atom. The van der Waals surface area contributed by atoms with Crippen molar-refractivity contribution < 1.29 is 14.6 Å². The molecule has 2 unspecified atom stereocenters. The predicted molar refractivity (Wildman–Crippen MR) is 85.6 cm³/mol. The number of morpholine rings is 1. The molecule has 116 valence electrons. The number of rotatable bonds is 5. The highest BCUT2D eigenvalue weighted by Gasteiger charge is 2.25. The van der Waals surface area contributed by atoms with Gasteiger partial charge in [0, 0.05) is 30.8 Å². The average Bonchev–Trinajstić information content (AvgIpc) is 2.46. The highest BCUT2D eigenvalue weighted by molar-refractivity contribution is 7.80. The molecule has 0 radical (unpaired) electrons. The summed E-state index contributed by atoms with van der Waals surface area (Å²) in [7, 11) is 1.65. The fraction of sp³-hybridized carbons (Fsp3) is 0.533. The van der Waals surface area contributed by atoms with Crippen LogP contribution < -0.4 is 10.5 Å². The molecule has 1 heterocycles. The zero-order chi connectivity index (χ0) is 15.4. The zero-order valence-electron chi connectivity index (χ0n) is 12.4. The number of methoxy groups -OCH3 is 1. The molecular weight excluding hydrogens is 288 g/mol. The van der Waals surface area contributed by atoms with Gasteiger partial charge in [-0.2, -0.15) is 0 Å². The number of hydrogen-bond acceptors (Lipinski definition) is 5. The fourth-order valence-corrected chi connectivity index (χ4v) is 2.79. The third-order valence-corrected chi connectivity index (χ3v) is 3.80. The Morgan fingerprint density at radius 2 is 2.29 bits per heavy atom. The van der Waals surface area contributed by atoms with Crippen molar-refractivity contribution in [3.63, 3.8) is 0 Å². The van der Waals surface area contributed by atoms with E-state index in [1.54, 1.807) is 7.11 Å². The van der Waals surface area contributed by atoms with Crippen LogP contribution in [0.1, 0.15) is 18.1 Å². The van der Waals surface area contributed by atoms with Gasteiger partial charge in [0.1, 0.15) is 10.7 Å². The molecule has 1 aromatic rings. The Labute approximate surface area is 130 Å². The van der Waals surface area contributed by atoms with Crippen LogP contribution in [-0.2, 0) is 11.3 Å². The molecule has 21 heavy (non-hydrogen) atoms. The number of aliphatic hydroxyl groups is 1. The smallest absolute Gasteiger partial charge is 0.123 e. The Morgan fingerprint density at radius 3 is 2.90 bits per heavy atom. The summed E-state index contributed by atoms with van der Waals surface area (Å²) >= 11 is 5.03. The molecule has 0 amide bonds. The SMILES string of the molecule is COc1ccc(C(N)=S)cc1CN1CC(C)OC(CO)C1. The third-order valence-electron chi connectivity index (χ3n) is 3.56. The molecule has 6 heteroatoms. The van der Waals surface area contributed by atoms with Gasteiger partial charge in [-0.1, -0.05) is 12.2 Å². The van der Waals surface area contributed by atoms with Crippen molar-refractivity contribution in [2.45, 2.75) is 25.7 Å². The van der Waals surface area contributed by atoms with Crippen LogP contribution in [0.3, 0.4) is 0 Å². The van der Waals surface area contributed by atoms with E-state index in [0.717, 1.165) is 23.4 Å². The number of thiocarbonyl (C=S) groups is 1. The lowest BCUT2D eigenvalue weighted by molar-refractivity contribution is -0.0973. The topological polar surface area (TPSA) is 68.0 Å². The van der Waals surface area contributed by atoms with E-state index in [2.05, 4.69) is 4.90 Å². The van der Waals surface area contributed by atoms with E-state index in [1.165, 1.54) is 0 Å². The van der Waals surface area contributed by atoms with Crippen LogP contribution in [0.5, 0.6) is 5.75 Å². The first-order valence-corrected chi connectivity index (χ1v) is 7.39. The molecule has 5 nitrogen and oxygen atoms in total. The summed E-state index contributed by atoms with van der Waals surface area (Å²) in [4.78, 5) is 2.62. The summed E-state index contributed by atoms with van der Waals surface area (Å²) < 4.78 is 11.1. The highest BCUT2D eigenvalue weighted by atomic mass is 32.1. The minimum atomic E-state index is -0.140. The van der Waals surface area contributed by atoms with Crippen molar-refractivity contribution >= 4 is 17.2 Å². The third kappa shape index (κ3) is 4.14. The van der Waals surface area contributed by atoms with Gasteiger partial charge in [-0.25, -0.2) is 0 Å². The van der Waals surface area contributed by atoms with Crippen LogP contribution in [0, 0.1) is 0 Å². The van der Waals surface area contributed by atoms with Gasteiger partial charge in [0.25, 0.3) is 0 Å². The fourth-order valence-electron chi connectivity index (χ4n) is 2.67. The number of benzene rings is 1. The summed E-state index contributed by atoms with van der Waals surface area (Å²) in [6, 6.07) is 5.72. The zero-order valence-corrected chi connectivity index (χ0v) is 13.2. The summed E-state index contributed by atoms with van der Waals surface area (Å²) in [6.45, 7) is 4.27. The summed E-state index contributed by atoms with van der Waals surface area (Å²) in [5, 5.41) is 9.30. The van der Waals surface area contributed by atoms with Gasteiger partial charge in [-0.15, -0.1) is 0 Å². The number of ether oxygens (including phenoxy) is 2. The lowest BCUT2D eigenvalue weighted by Gasteiger charge is -2.36. The van der Waals surface area contributed by atoms with Gasteiger partial charge in [0.05, 0.1) is 25.9 Å². The first-order chi connectivity index (χ1) is 10.0. The molecule has 0 spiro atoms. The quantitative estimate of drug-likeness (QED) is 0.788. The largest absolute Gasteiger partial charge is 0.496 e. The Kier molecular flexibility index (Phi) is 5.52. The second-order valence-corrected chi connectivity index (χ2v) is 5.78. The van der Waals surface area contributed by atoms with E-state index in [9.17, 15) is 5.11 Å². The van der Waals surface area contributed by atoms with Crippen LogP contribution in [-0.4, -0.2) is 54.0 Å². The highest BCUT2D eigenvalue weighted by Crippen LogP contribution is 2.23. The monoisotopic (exact) mass is 310 g/mol. The lowest BCUT2D eigenvalue weighted by atomic mass is 10.1. The number of hydrogen-bond donors (Lipinski definition) is 2. The molecule has 1 fully saturated rings. The van der Waals surface area contributed by atoms with Crippen LogP contribution >= 0.6 is 12.2 Å². The molecule has 1 saturated heterocycles. The van der Waals surface area contributed by atoms with E-state index in [4.69, 9.17) is 27.4 Å². The summed E-state index contributed by atoms with van der Waals surface area (Å²) in [6.07, 6.45) is -0.0424.